The highest BCUT2D eigenvalue weighted by Gasteiger charge is 2.14. The molecule has 0 radical (unpaired) electrons. The van der Waals surface area contributed by atoms with Crippen LogP contribution in [0.3, 0.4) is 0 Å². The van der Waals surface area contributed by atoms with Gasteiger partial charge in [-0.25, -0.2) is 0 Å². The fraction of sp³-hybridized carbons (Fsp3) is 0.364. The largest absolute Gasteiger partial charge is 0.484 e. The Hall–Kier alpha value is -2.90. The van der Waals surface area contributed by atoms with Crippen molar-refractivity contribution in [3.05, 3.63) is 59.7 Å². The summed E-state index contributed by atoms with van der Waals surface area (Å²) in [5.74, 6) is -0.0342. The van der Waals surface area contributed by atoms with Gasteiger partial charge in [0.05, 0.1) is 6.42 Å². The lowest BCUT2D eigenvalue weighted by Crippen LogP contribution is -2.43. The molecule has 7 nitrogen and oxygen atoms in total. The summed E-state index contributed by atoms with van der Waals surface area (Å²) in [4.78, 5) is 27.9. The van der Waals surface area contributed by atoms with Crippen LogP contribution in [0.5, 0.6) is 5.75 Å². The number of hydrogen-bond acceptors (Lipinski definition) is 5. The zero-order chi connectivity index (χ0) is 20.6. The van der Waals surface area contributed by atoms with Gasteiger partial charge in [-0.05, 0) is 42.4 Å². The highest BCUT2D eigenvalue weighted by Crippen LogP contribution is 2.15. The molecule has 1 fully saturated rings. The second kappa shape index (κ2) is 10.0. The number of benzene rings is 2. The quantitative estimate of drug-likeness (QED) is 0.706. The van der Waals surface area contributed by atoms with Crippen molar-refractivity contribution in [3.8, 4) is 5.75 Å². The number of piperazine rings is 1. The Kier molecular flexibility index (Phi) is 7.21. The normalized spacial score (nSPS) is 15.1. The minimum Gasteiger partial charge on any atom is -0.484 e. The van der Waals surface area contributed by atoms with Gasteiger partial charge in [0.25, 0.3) is 5.91 Å². The molecule has 0 aliphatic carbocycles. The van der Waals surface area contributed by atoms with Crippen molar-refractivity contribution < 1.29 is 14.3 Å². The van der Waals surface area contributed by atoms with E-state index >= 15 is 0 Å². The molecule has 0 atom stereocenters. The fourth-order valence-electron chi connectivity index (χ4n) is 3.26. The van der Waals surface area contributed by atoms with Crippen LogP contribution in [0.4, 0.5) is 5.69 Å². The average molecular weight is 396 g/mol. The number of hydrogen-bond donors (Lipinski definition) is 2. The third-order valence-corrected chi connectivity index (χ3v) is 4.88. The van der Waals surface area contributed by atoms with E-state index in [1.54, 1.807) is 24.3 Å². The number of carbonyl (C=O) groups excluding carboxylic acids is 2. The summed E-state index contributed by atoms with van der Waals surface area (Å²) in [6.45, 7) is 5.07. The number of carbonyl (C=O) groups is 2. The molecular formula is C22H28N4O3. The van der Waals surface area contributed by atoms with E-state index in [4.69, 9.17) is 10.5 Å². The van der Waals surface area contributed by atoms with Crippen molar-refractivity contribution >= 4 is 17.5 Å². The molecule has 0 spiro atoms. The van der Waals surface area contributed by atoms with Crippen LogP contribution >= 0.6 is 0 Å². The summed E-state index contributed by atoms with van der Waals surface area (Å²) in [5, 5.41) is 2.88. The topological polar surface area (TPSA) is 87.9 Å². The van der Waals surface area contributed by atoms with Gasteiger partial charge in [-0.15, -0.1) is 0 Å². The lowest BCUT2D eigenvalue weighted by atomic mass is 10.1. The lowest BCUT2D eigenvalue weighted by molar-refractivity contribution is -0.118. The molecule has 1 aliphatic rings. The van der Waals surface area contributed by atoms with Gasteiger partial charge < -0.3 is 20.7 Å². The number of primary amides is 1. The highest BCUT2D eigenvalue weighted by atomic mass is 16.5. The molecule has 2 amide bonds. The third-order valence-electron chi connectivity index (χ3n) is 4.88. The van der Waals surface area contributed by atoms with Gasteiger partial charge in [0.15, 0.2) is 6.61 Å². The summed E-state index contributed by atoms with van der Waals surface area (Å²) in [6, 6.07) is 14.9. The van der Waals surface area contributed by atoms with Crippen molar-refractivity contribution in [1.29, 1.82) is 0 Å². The Morgan fingerprint density at radius 3 is 2.45 bits per heavy atom. The smallest absolute Gasteiger partial charge is 0.262 e. The van der Waals surface area contributed by atoms with E-state index in [0.717, 1.165) is 44.0 Å². The van der Waals surface area contributed by atoms with Gasteiger partial charge in [-0.1, -0.05) is 24.3 Å². The second-order valence-electron chi connectivity index (χ2n) is 7.40. The molecule has 1 heterocycles. The van der Waals surface area contributed by atoms with E-state index in [0.29, 0.717) is 5.75 Å². The van der Waals surface area contributed by atoms with Crippen LogP contribution < -0.4 is 15.8 Å². The summed E-state index contributed by atoms with van der Waals surface area (Å²) in [6.07, 6.45) is 0.186. The first kappa shape index (κ1) is 20.8. The first-order valence-corrected chi connectivity index (χ1v) is 9.78. The minimum atomic E-state index is -0.382. The first-order chi connectivity index (χ1) is 14.0. The Morgan fingerprint density at radius 1 is 1.03 bits per heavy atom. The average Bonchev–Trinajstić information content (AvgIpc) is 2.69. The van der Waals surface area contributed by atoms with Crippen LogP contribution in [0.15, 0.2) is 48.5 Å². The maximum atomic E-state index is 12.2. The number of rotatable bonds is 8. The summed E-state index contributed by atoms with van der Waals surface area (Å²) in [5.41, 5.74) is 7.93. The number of anilines is 1. The monoisotopic (exact) mass is 396 g/mol. The molecule has 154 valence electrons. The molecule has 0 aromatic heterocycles. The Balaban J connectivity index is 1.47. The molecule has 0 unspecified atom stereocenters. The van der Waals surface area contributed by atoms with Gasteiger partial charge >= 0.3 is 0 Å². The molecule has 0 saturated carbocycles. The molecule has 2 aromatic carbocycles. The van der Waals surface area contributed by atoms with Crippen molar-refractivity contribution in [2.24, 2.45) is 5.73 Å². The summed E-state index contributed by atoms with van der Waals surface area (Å²) >= 11 is 0. The van der Waals surface area contributed by atoms with Crippen molar-refractivity contribution in [2.45, 2.75) is 13.0 Å². The molecule has 3 N–H and O–H groups in total. The molecule has 7 heteroatoms. The molecule has 2 aromatic rings. The van der Waals surface area contributed by atoms with Crippen molar-refractivity contribution in [3.63, 3.8) is 0 Å². The van der Waals surface area contributed by atoms with E-state index in [1.807, 2.05) is 18.2 Å². The number of nitrogens with two attached hydrogens (primary N) is 1. The van der Waals surface area contributed by atoms with E-state index < -0.39 is 0 Å². The predicted molar refractivity (Wildman–Crippen MR) is 113 cm³/mol. The standard InChI is InChI=1S/C22H28N4O3/c1-25-9-11-26(12-10-25)15-18-3-2-4-19(13-18)24-22(28)16-29-20-7-5-17(6-8-20)14-21(23)27/h2-8,13H,9-12,14-16H2,1H3,(H2,23,27)(H,24,28). The van der Waals surface area contributed by atoms with Crippen LogP contribution in [-0.4, -0.2) is 61.4 Å². The lowest BCUT2D eigenvalue weighted by Gasteiger charge is -2.32. The van der Waals surface area contributed by atoms with E-state index in [9.17, 15) is 9.59 Å². The number of ether oxygens (including phenoxy) is 1. The van der Waals surface area contributed by atoms with Crippen LogP contribution in [0.25, 0.3) is 0 Å². The number of likely N-dealkylation sites (N-methyl/N-ethyl adjacent to an activating group) is 1. The Bertz CT molecular complexity index is 830. The summed E-state index contributed by atoms with van der Waals surface area (Å²) < 4.78 is 5.52. The Morgan fingerprint density at radius 2 is 1.76 bits per heavy atom. The highest BCUT2D eigenvalue weighted by molar-refractivity contribution is 5.91. The Labute approximate surface area is 171 Å². The SMILES string of the molecule is CN1CCN(Cc2cccc(NC(=O)COc3ccc(CC(N)=O)cc3)c2)CC1. The number of amides is 2. The second-order valence-corrected chi connectivity index (χ2v) is 7.40. The maximum Gasteiger partial charge on any atom is 0.262 e. The molecular weight excluding hydrogens is 368 g/mol. The van der Waals surface area contributed by atoms with Crippen LogP contribution in [0.2, 0.25) is 0 Å². The zero-order valence-electron chi connectivity index (χ0n) is 16.8. The minimum absolute atomic E-state index is 0.0855. The van der Waals surface area contributed by atoms with Gasteiger partial charge in [-0.2, -0.15) is 0 Å². The molecule has 0 bridgehead atoms. The third kappa shape index (κ3) is 6.89. The maximum absolute atomic E-state index is 12.2. The van der Waals surface area contributed by atoms with Crippen LogP contribution in [-0.2, 0) is 22.6 Å². The molecule has 1 saturated heterocycles. The van der Waals surface area contributed by atoms with Gasteiger partial charge in [0, 0.05) is 38.4 Å². The van der Waals surface area contributed by atoms with E-state index in [-0.39, 0.29) is 24.8 Å². The number of nitrogens with zero attached hydrogens (tertiary/aromatic N) is 2. The molecule has 1 aliphatic heterocycles. The molecule has 3 rings (SSSR count). The predicted octanol–water partition coefficient (Wildman–Crippen LogP) is 1.48. The number of nitrogens with one attached hydrogen (secondary N) is 1. The van der Waals surface area contributed by atoms with Crippen molar-refractivity contribution in [1.82, 2.24) is 9.80 Å². The van der Waals surface area contributed by atoms with Crippen LogP contribution in [0, 0.1) is 0 Å². The first-order valence-electron chi connectivity index (χ1n) is 9.78. The molecule has 29 heavy (non-hydrogen) atoms. The zero-order valence-corrected chi connectivity index (χ0v) is 16.8. The van der Waals surface area contributed by atoms with E-state index in [2.05, 4.69) is 28.2 Å². The van der Waals surface area contributed by atoms with Crippen LogP contribution in [0.1, 0.15) is 11.1 Å². The van der Waals surface area contributed by atoms with Crippen molar-refractivity contribution in [2.75, 3.05) is 45.2 Å². The van der Waals surface area contributed by atoms with Gasteiger partial charge in [0.1, 0.15) is 5.75 Å². The van der Waals surface area contributed by atoms with Gasteiger partial charge in [-0.3, -0.25) is 14.5 Å². The fourth-order valence-corrected chi connectivity index (χ4v) is 3.26. The van der Waals surface area contributed by atoms with E-state index in [1.165, 1.54) is 5.56 Å². The van der Waals surface area contributed by atoms with Gasteiger partial charge in [0.2, 0.25) is 5.91 Å². The summed E-state index contributed by atoms with van der Waals surface area (Å²) in [7, 11) is 2.14.